The summed E-state index contributed by atoms with van der Waals surface area (Å²) in [7, 11) is 1.51. The number of anilines is 1. The van der Waals surface area contributed by atoms with Gasteiger partial charge in [-0.1, -0.05) is 0 Å². The molecule has 5 nitrogen and oxygen atoms in total. The van der Waals surface area contributed by atoms with Crippen LogP contribution in [0.2, 0.25) is 5.28 Å². The molecule has 0 aliphatic heterocycles. The van der Waals surface area contributed by atoms with Crippen molar-refractivity contribution in [3.8, 4) is 0 Å². The predicted octanol–water partition coefficient (Wildman–Crippen LogP) is 1.71. The van der Waals surface area contributed by atoms with Crippen LogP contribution < -0.4 is 4.90 Å². The number of fused-ring (bicyclic) bond motifs is 1. The zero-order chi connectivity index (χ0) is 11.7. The number of hydrogen-bond acceptors (Lipinski definition) is 4. The maximum absolute atomic E-state index is 12.3. The van der Waals surface area contributed by atoms with Crippen molar-refractivity contribution in [1.29, 1.82) is 0 Å². The number of hydrogen-bond donors (Lipinski definition) is 1. The van der Waals surface area contributed by atoms with Gasteiger partial charge < -0.3 is 4.90 Å². The number of alkyl halides is 2. The first-order valence-corrected chi connectivity index (χ1v) is 4.81. The molecule has 86 valence electrons. The standard InChI is InChI=1S/C8H8ClF2N5/c1-16(3-5(10)11)7-4-2-12-15-6(4)13-8(9)14-7/h2,5H,3H2,1H3,(H,12,13,14,15). The van der Waals surface area contributed by atoms with Crippen molar-refractivity contribution in [3.05, 3.63) is 11.5 Å². The second-order valence-corrected chi connectivity index (χ2v) is 3.56. The first-order valence-electron chi connectivity index (χ1n) is 4.44. The third-order valence-electron chi connectivity index (χ3n) is 2.04. The van der Waals surface area contributed by atoms with Gasteiger partial charge in [0.15, 0.2) is 5.65 Å². The van der Waals surface area contributed by atoms with Gasteiger partial charge in [-0.3, -0.25) is 5.10 Å². The Morgan fingerprint density at radius 3 is 2.94 bits per heavy atom. The fourth-order valence-corrected chi connectivity index (χ4v) is 1.54. The highest BCUT2D eigenvalue weighted by Gasteiger charge is 2.15. The smallest absolute Gasteiger partial charge is 0.255 e. The van der Waals surface area contributed by atoms with E-state index in [2.05, 4.69) is 20.2 Å². The van der Waals surface area contributed by atoms with Gasteiger partial charge in [0.25, 0.3) is 6.43 Å². The van der Waals surface area contributed by atoms with Crippen molar-refractivity contribution in [1.82, 2.24) is 20.2 Å². The van der Waals surface area contributed by atoms with Crippen LogP contribution >= 0.6 is 11.6 Å². The van der Waals surface area contributed by atoms with Gasteiger partial charge in [0, 0.05) is 7.05 Å². The van der Waals surface area contributed by atoms with Crippen molar-refractivity contribution in [2.24, 2.45) is 0 Å². The average Bonchev–Trinajstić information content (AvgIpc) is 2.62. The summed E-state index contributed by atoms with van der Waals surface area (Å²) in [4.78, 5) is 9.11. The molecule has 0 radical (unpaired) electrons. The lowest BCUT2D eigenvalue weighted by Crippen LogP contribution is -2.25. The summed E-state index contributed by atoms with van der Waals surface area (Å²) >= 11 is 5.68. The van der Waals surface area contributed by atoms with Crippen LogP contribution in [0.4, 0.5) is 14.6 Å². The molecule has 2 heterocycles. The van der Waals surface area contributed by atoms with Crippen molar-refractivity contribution in [2.45, 2.75) is 6.43 Å². The normalized spacial score (nSPS) is 11.3. The maximum Gasteiger partial charge on any atom is 0.255 e. The van der Waals surface area contributed by atoms with Crippen molar-refractivity contribution < 1.29 is 8.78 Å². The van der Waals surface area contributed by atoms with E-state index in [1.165, 1.54) is 18.1 Å². The molecule has 2 aromatic heterocycles. The van der Waals surface area contributed by atoms with Gasteiger partial charge in [-0.2, -0.15) is 15.1 Å². The topological polar surface area (TPSA) is 57.7 Å². The van der Waals surface area contributed by atoms with Crippen molar-refractivity contribution >= 4 is 28.5 Å². The average molecular weight is 248 g/mol. The maximum atomic E-state index is 12.3. The van der Waals surface area contributed by atoms with Gasteiger partial charge in [-0.25, -0.2) is 8.78 Å². The molecule has 2 aromatic rings. The third kappa shape index (κ3) is 2.04. The minimum Gasteiger partial charge on any atom is -0.353 e. The highest BCUT2D eigenvalue weighted by Crippen LogP contribution is 2.23. The number of nitrogens with one attached hydrogen (secondary N) is 1. The van der Waals surface area contributed by atoms with E-state index in [1.807, 2.05) is 0 Å². The Hall–Kier alpha value is -1.50. The minimum atomic E-state index is -2.44. The number of aromatic nitrogens is 4. The van der Waals surface area contributed by atoms with Gasteiger partial charge >= 0.3 is 0 Å². The molecule has 8 heteroatoms. The molecule has 0 unspecified atom stereocenters. The fraction of sp³-hybridized carbons (Fsp3) is 0.375. The van der Waals surface area contributed by atoms with E-state index in [9.17, 15) is 8.78 Å². The molecule has 2 rings (SSSR count). The Morgan fingerprint density at radius 2 is 2.25 bits per heavy atom. The fourth-order valence-electron chi connectivity index (χ4n) is 1.38. The summed E-state index contributed by atoms with van der Waals surface area (Å²) in [5, 5.41) is 6.93. The number of aromatic amines is 1. The molecule has 0 aliphatic carbocycles. The lowest BCUT2D eigenvalue weighted by atomic mass is 10.3. The quantitative estimate of drug-likeness (QED) is 0.839. The number of rotatable bonds is 3. The molecule has 0 aromatic carbocycles. The van der Waals surface area contributed by atoms with Crippen molar-refractivity contribution in [3.63, 3.8) is 0 Å². The summed E-state index contributed by atoms with van der Waals surface area (Å²) in [5.74, 6) is 0.337. The highest BCUT2D eigenvalue weighted by atomic mass is 35.5. The second kappa shape index (κ2) is 4.17. The van der Waals surface area contributed by atoms with Crippen LogP contribution in [-0.2, 0) is 0 Å². The molecule has 0 amide bonds. The van der Waals surface area contributed by atoms with Crippen LogP contribution in [0.1, 0.15) is 0 Å². The number of nitrogens with zero attached hydrogens (tertiary/aromatic N) is 4. The Balaban J connectivity index is 2.45. The molecule has 0 aliphatic rings. The lowest BCUT2D eigenvalue weighted by molar-refractivity contribution is 0.156. The summed E-state index contributed by atoms with van der Waals surface area (Å²) in [6.45, 7) is -0.423. The van der Waals surface area contributed by atoms with Crippen LogP contribution in [0.25, 0.3) is 11.0 Å². The Labute approximate surface area is 94.4 Å². The molecule has 0 saturated heterocycles. The zero-order valence-electron chi connectivity index (χ0n) is 8.28. The predicted molar refractivity (Wildman–Crippen MR) is 56.0 cm³/mol. The molecule has 16 heavy (non-hydrogen) atoms. The first kappa shape index (κ1) is 11.0. The second-order valence-electron chi connectivity index (χ2n) is 3.22. The highest BCUT2D eigenvalue weighted by molar-refractivity contribution is 6.28. The van der Waals surface area contributed by atoms with Crippen LogP contribution in [0, 0.1) is 0 Å². The van der Waals surface area contributed by atoms with E-state index < -0.39 is 13.0 Å². The molecular formula is C8H8ClF2N5. The van der Waals surface area contributed by atoms with Gasteiger partial charge in [-0.15, -0.1) is 0 Å². The Morgan fingerprint density at radius 1 is 1.50 bits per heavy atom. The zero-order valence-corrected chi connectivity index (χ0v) is 9.04. The number of halogens is 3. The van der Waals surface area contributed by atoms with Gasteiger partial charge in [0.2, 0.25) is 5.28 Å². The van der Waals surface area contributed by atoms with E-state index in [0.29, 0.717) is 16.9 Å². The van der Waals surface area contributed by atoms with Gasteiger partial charge in [-0.05, 0) is 11.6 Å². The Bertz CT molecular complexity index is 500. The first-order chi connectivity index (χ1) is 7.58. The molecule has 0 bridgehead atoms. The van der Waals surface area contributed by atoms with Crippen LogP contribution in [0.15, 0.2) is 6.20 Å². The van der Waals surface area contributed by atoms with E-state index in [0.717, 1.165) is 0 Å². The lowest BCUT2D eigenvalue weighted by Gasteiger charge is -2.17. The number of H-pyrrole nitrogens is 1. The summed E-state index contributed by atoms with van der Waals surface area (Å²) in [5.41, 5.74) is 0.427. The summed E-state index contributed by atoms with van der Waals surface area (Å²) in [6, 6.07) is 0. The molecule has 0 saturated carbocycles. The summed E-state index contributed by atoms with van der Waals surface area (Å²) < 4.78 is 24.5. The van der Waals surface area contributed by atoms with E-state index in [-0.39, 0.29) is 5.28 Å². The minimum absolute atomic E-state index is 0.00661. The molecule has 0 spiro atoms. The molecule has 0 atom stereocenters. The Kier molecular flexibility index (Phi) is 2.86. The molecule has 1 N–H and O–H groups in total. The third-order valence-corrected chi connectivity index (χ3v) is 2.20. The van der Waals surface area contributed by atoms with E-state index in [1.54, 1.807) is 0 Å². The monoisotopic (exact) mass is 247 g/mol. The van der Waals surface area contributed by atoms with Gasteiger partial charge in [0.05, 0.1) is 18.1 Å². The summed E-state index contributed by atoms with van der Waals surface area (Å²) in [6.07, 6.45) is -0.969. The SMILES string of the molecule is CN(CC(F)F)c1nc(Cl)nc2[nH]ncc12. The van der Waals surface area contributed by atoms with E-state index >= 15 is 0 Å². The van der Waals surface area contributed by atoms with E-state index in [4.69, 9.17) is 11.6 Å². The van der Waals surface area contributed by atoms with Crippen LogP contribution in [-0.4, -0.2) is 40.2 Å². The molecule has 0 fully saturated rings. The van der Waals surface area contributed by atoms with Crippen molar-refractivity contribution in [2.75, 3.05) is 18.5 Å². The van der Waals surface area contributed by atoms with Crippen LogP contribution in [0.3, 0.4) is 0 Å². The van der Waals surface area contributed by atoms with Gasteiger partial charge in [0.1, 0.15) is 5.82 Å². The van der Waals surface area contributed by atoms with Crippen LogP contribution in [0.5, 0.6) is 0 Å². The molecular weight excluding hydrogens is 240 g/mol. The largest absolute Gasteiger partial charge is 0.353 e.